The van der Waals surface area contributed by atoms with Crippen molar-refractivity contribution in [2.45, 2.75) is 18.9 Å². The monoisotopic (exact) mass is 131 g/mol. The molecule has 0 aliphatic rings. The van der Waals surface area contributed by atoms with E-state index < -0.39 is 0 Å². The molecule has 0 aromatic rings. The normalized spacial score (nSPS) is 8.86. The van der Waals surface area contributed by atoms with Crippen molar-refractivity contribution in [2.75, 3.05) is 0 Å². The molecule has 0 amide bonds. The number of carbonyl (C=O) groups is 1. The van der Waals surface area contributed by atoms with Gasteiger partial charge in [-0.3, -0.25) is 4.79 Å². The van der Waals surface area contributed by atoms with Gasteiger partial charge < -0.3 is 0 Å². The van der Waals surface area contributed by atoms with Crippen LogP contribution in [0.3, 0.4) is 0 Å². The van der Waals surface area contributed by atoms with Gasteiger partial charge in [0.2, 0.25) is 0 Å². The second-order valence-corrected chi connectivity index (χ2v) is 2.25. The molecular weight excluding hydrogens is 124 g/mol. The molecule has 0 heterocycles. The van der Waals surface area contributed by atoms with Crippen LogP contribution in [0.4, 0.5) is 0 Å². The quantitative estimate of drug-likeness (QED) is 0.443. The van der Waals surface area contributed by atoms with Gasteiger partial charge >= 0.3 is 0 Å². The molecule has 0 rings (SSSR count). The van der Waals surface area contributed by atoms with E-state index in [9.17, 15) is 4.79 Å². The maximum Gasteiger partial charge on any atom is 0.185 e. The molecule has 1 nitrogen and oxygen atoms in total. The first-order valence-electron chi connectivity index (χ1n) is 2.13. The summed E-state index contributed by atoms with van der Waals surface area (Å²) in [6.07, 6.45) is 1.46. The van der Waals surface area contributed by atoms with Crippen LogP contribution in [0.15, 0.2) is 0 Å². The Labute approximate surface area is 52.3 Å². The Morgan fingerprint density at radius 1 is 1.71 bits per heavy atom. The van der Waals surface area contributed by atoms with E-state index in [-0.39, 0.29) is 5.12 Å². The Bertz CT molecular complexity index is 64.7. The Kier molecular flexibility index (Phi) is 4.55. The lowest BCUT2D eigenvalue weighted by atomic mass is 10.4. The molecule has 0 aliphatic heterocycles. The highest BCUT2D eigenvalue weighted by Crippen LogP contribution is 1.95. The van der Waals surface area contributed by atoms with Crippen molar-refractivity contribution in [1.29, 1.82) is 0 Å². The Hall–Kier alpha value is 0.237. The van der Waals surface area contributed by atoms with Crippen molar-refractivity contribution in [3.8, 4) is 0 Å². The summed E-state index contributed by atoms with van der Waals surface area (Å²) < 4.78 is 0. The van der Waals surface area contributed by atoms with Crippen molar-refractivity contribution in [3.63, 3.8) is 0 Å². The third-order valence-electron chi connectivity index (χ3n) is 0.567. The molecule has 0 aromatic heterocycles. The minimum Gasteiger partial charge on any atom is -0.288 e. The smallest absolute Gasteiger partial charge is 0.185 e. The number of carbonyl (C=O) groups excluding carboxylic acids is 1. The van der Waals surface area contributed by atoms with Crippen LogP contribution in [0.5, 0.6) is 0 Å². The van der Waals surface area contributed by atoms with Gasteiger partial charge in [-0.2, -0.15) is 0 Å². The first-order valence-corrected chi connectivity index (χ1v) is 3.29. The summed E-state index contributed by atoms with van der Waals surface area (Å²) in [5.41, 5.74) is 0. The molecule has 3 heteroatoms. The highest BCUT2D eigenvalue weighted by molar-refractivity contribution is 7.96. The topological polar surface area (TPSA) is 17.1 Å². The standard InChI is InChI=1S/C4H7OSSi/c5-4(6)2-1-3-7/h1-3H2,(H,5,6). The Morgan fingerprint density at radius 2 is 2.29 bits per heavy atom. The lowest BCUT2D eigenvalue weighted by molar-refractivity contribution is -0.110. The summed E-state index contributed by atoms with van der Waals surface area (Å²) in [4.78, 5) is 10.0. The summed E-state index contributed by atoms with van der Waals surface area (Å²) >= 11 is 3.57. The first-order chi connectivity index (χ1) is 3.27. The van der Waals surface area contributed by atoms with Crippen LogP contribution < -0.4 is 0 Å². The Morgan fingerprint density at radius 3 is 2.43 bits per heavy atom. The lowest BCUT2D eigenvalue weighted by Gasteiger charge is -1.85. The van der Waals surface area contributed by atoms with Gasteiger partial charge in [-0.15, -0.1) is 12.6 Å². The highest BCUT2D eigenvalue weighted by atomic mass is 32.1. The summed E-state index contributed by atoms with van der Waals surface area (Å²) in [5.74, 6) is 0. The van der Waals surface area contributed by atoms with Crippen LogP contribution in [0.1, 0.15) is 12.8 Å². The fourth-order valence-electron chi connectivity index (χ4n) is 0.240. The van der Waals surface area contributed by atoms with Crippen molar-refractivity contribution in [2.24, 2.45) is 0 Å². The fraction of sp³-hybridized carbons (Fsp3) is 0.750. The first kappa shape index (κ1) is 7.24. The second kappa shape index (κ2) is 4.40. The van der Waals surface area contributed by atoms with Crippen LogP contribution >= 0.6 is 12.6 Å². The molecule has 0 spiro atoms. The summed E-state index contributed by atoms with van der Waals surface area (Å²) in [5, 5.41) is -0.0294. The Balaban J connectivity index is 2.82. The molecule has 3 radical (unpaired) electrons. The summed E-state index contributed by atoms with van der Waals surface area (Å²) in [6.45, 7) is 0. The number of thiol groups is 1. The predicted octanol–water partition coefficient (Wildman–Crippen LogP) is 0.810. The van der Waals surface area contributed by atoms with E-state index in [4.69, 9.17) is 0 Å². The number of rotatable bonds is 3. The second-order valence-electron chi connectivity index (χ2n) is 1.25. The van der Waals surface area contributed by atoms with Gasteiger partial charge in [0, 0.05) is 16.7 Å². The van der Waals surface area contributed by atoms with Gasteiger partial charge in [0.05, 0.1) is 0 Å². The lowest BCUT2D eigenvalue weighted by Crippen LogP contribution is -1.83. The van der Waals surface area contributed by atoms with Crippen molar-refractivity contribution < 1.29 is 4.79 Å². The molecule has 0 unspecified atom stereocenters. The van der Waals surface area contributed by atoms with Crippen LogP contribution in [-0.2, 0) is 4.79 Å². The number of hydrogen-bond acceptors (Lipinski definition) is 1. The van der Waals surface area contributed by atoms with E-state index in [1.165, 1.54) is 0 Å². The van der Waals surface area contributed by atoms with Crippen LogP contribution in [0.25, 0.3) is 0 Å². The summed E-state index contributed by atoms with van der Waals surface area (Å²) in [6, 6.07) is 0.881. The molecule has 7 heavy (non-hydrogen) atoms. The third kappa shape index (κ3) is 6.24. The van der Waals surface area contributed by atoms with Crippen molar-refractivity contribution in [3.05, 3.63) is 0 Å². The zero-order chi connectivity index (χ0) is 5.70. The molecule has 39 valence electrons. The zero-order valence-electron chi connectivity index (χ0n) is 3.98. The molecule has 0 aromatic carbocycles. The maximum absolute atomic E-state index is 10.0. The molecule has 0 atom stereocenters. The van der Waals surface area contributed by atoms with E-state index in [0.717, 1.165) is 12.5 Å². The number of hydrogen-bond donors (Lipinski definition) is 1. The zero-order valence-corrected chi connectivity index (χ0v) is 5.87. The van der Waals surface area contributed by atoms with Gasteiger partial charge in [-0.25, -0.2) is 0 Å². The molecule has 0 N–H and O–H groups in total. The third-order valence-corrected chi connectivity index (χ3v) is 1.14. The van der Waals surface area contributed by atoms with Crippen LogP contribution in [0, 0.1) is 0 Å². The van der Waals surface area contributed by atoms with E-state index in [1.54, 1.807) is 0 Å². The van der Waals surface area contributed by atoms with Gasteiger partial charge in [0.25, 0.3) is 0 Å². The average Bonchev–Trinajstić information content (AvgIpc) is 1.61. The van der Waals surface area contributed by atoms with Gasteiger partial charge in [-0.05, 0) is 6.42 Å². The minimum absolute atomic E-state index is 0.0294. The molecular formula is C4H7OSSi. The van der Waals surface area contributed by atoms with Crippen molar-refractivity contribution >= 4 is 28.0 Å². The van der Waals surface area contributed by atoms with E-state index in [0.29, 0.717) is 6.42 Å². The SMILES string of the molecule is O=C(S)CCC[Si]. The average molecular weight is 131 g/mol. The maximum atomic E-state index is 10.0. The fourth-order valence-corrected chi connectivity index (χ4v) is 0.575. The van der Waals surface area contributed by atoms with E-state index in [2.05, 4.69) is 22.9 Å². The largest absolute Gasteiger partial charge is 0.288 e. The van der Waals surface area contributed by atoms with Gasteiger partial charge in [0.15, 0.2) is 5.12 Å². The van der Waals surface area contributed by atoms with E-state index in [1.807, 2.05) is 0 Å². The highest BCUT2D eigenvalue weighted by Gasteiger charge is 1.88. The van der Waals surface area contributed by atoms with Gasteiger partial charge in [-0.1, -0.05) is 6.04 Å². The van der Waals surface area contributed by atoms with Crippen LogP contribution in [-0.4, -0.2) is 15.4 Å². The van der Waals surface area contributed by atoms with Crippen LogP contribution in [0.2, 0.25) is 6.04 Å². The van der Waals surface area contributed by atoms with Gasteiger partial charge in [0.1, 0.15) is 0 Å². The minimum atomic E-state index is -0.0294. The summed E-state index contributed by atoms with van der Waals surface area (Å²) in [7, 11) is 3.23. The molecule has 0 saturated heterocycles. The molecule has 0 bridgehead atoms. The predicted molar refractivity (Wildman–Crippen MR) is 33.8 cm³/mol. The molecule has 0 aliphatic carbocycles. The van der Waals surface area contributed by atoms with E-state index >= 15 is 0 Å². The molecule has 0 saturated carbocycles. The van der Waals surface area contributed by atoms with Crippen molar-refractivity contribution in [1.82, 2.24) is 0 Å². The molecule has 0 fully saturated rings.